The van der Waals surface area contributed by atoms with E-state index in [-0.39, 0.29) is 6.47 Å². The third-order valence-corrected chi connectivity index (χ3v) is 21.9. The molecule has 0 aromatic carbocycles. The Morgan fingerprint density at radius 3 is 1.19 bits per heavy atom. The predicted molar refractivity (Wildman–Crippen MR) is 367 cm³/mol. The Balaban J connectivity index is 1.01. The van der Waals surface area contributed by atoms with E-state index in [1.54, 1.807) is 0 Å². The molecule has 28 N–H and O–H groups in total. The lowest BCUT2D eigenvalue weighted by molar-refractivity contribution is -0.424. The minimum Gasteiger partial charge on any atom is -0.410 e. The van der Waals surface area contributed by atoms with Gasteiger partial charge in [0, 0.05) is 33.6 Å². The van der Waals surface area contributed by atoms with E-state index in [1.165, 1.54) is 13.8 Å². The van der Waals surface area contributed by atoms with Crippen LogP contribution in [0, 0.1) is 5.92 Å². The summed E-state index contributed by atoms with van der Waals surface area (Å²) in [6, 6.07) is -6.84. The Morgan fingerprint density at radius 1 is 0.381 bits per heavy atom. The van der Waals surface area contributed by atoms with Gasteiger partial charge in [-0.15, -0.1) is 0 Å². The molecule has 0 spiro atoms. The van der Waals surface area contributed by atoms with Gasteiger partial charge in [-0.25, -0.2) is 0 Å². The molecule has 0 saturated carbocycles. The van der Waals surface area contributed by atoms with Crippen molar-refractivity contribution in [2.24, 2.45) is 5.92 Å². The fourth-order valence-electron chi connectivity index (χ4n) is 15.4. The third kappa shape index (κ3) is 21.8. The maximum absolute atomic E-state index is 13.1. The van der Waals surface area contributed by atoms with Crippen molar-refractivity contribution in [1.82, 2.24) is 21.3 Å². The topological polar surface area (TPSA) is 785 Å². The van der Waals surface area contributed by atoms with E-state index in [0.29, 0.717) is 0 Å². The Bertz CT molecular complexity index is 3180. The largest absolute Gasteiger partial charge is 0.410 e. The summed E-state index contributed by atoms with van der Waals surface area (Å²) in [7, 11) is 0. The van der Waals surface area contributed by atoms with Gasteiger partial charge in [0.25, 0.3) is 6.47 Å². The molecule has 0 radical (unpaired) electrons. The van der Waals surface area contributed by atoms with Gasteiger partial charge in [0.2, 0.25) is 23.6 Å². The molecule has 46 atom stereocenters. The Morgan fingerprint density at radius 2 is 0.737 bits per heavy atom. The first-order valence-corrected chi connectivity index (χ1v) is 37.9. The van der Waals surface area contributed by atoms with E-state index >= 15 is 0 Å². The average Bonchev–Trinajstić information content (AvgIpc) is 0.789. The van der Waals surface area contributed by atoms with Crippen LogP contribution in [0.1, 0.15) is 48.0 Å². The average molecular weight is 1730 g/mol. The predicted octanol–water partition coefficient (Wildman–Crippen LogP) is -18.5. The number of aliphatic hydroxyl groups is 24. The number of carbonyl (C=O) groups excluding carboxylic acids is 5. The van der Waals surface area contributed by atoms with E-state index in [9.17, 15) is 147 Å². The molecule has 9 heterocycles. The minimum atomic E-state index is -2.65. The molecular weight excluding hydrogens is 1610 g/mol. The highest BCUT2D eigenvalue weighted by atomic mass is 16.9. The first kappa shape index (κ1) is 97.5. The lowest BCUT2D eigenvalue weighted by Crippen LogP contribution is -2.70. The number of hydrogen-bond acceptors (Lipinski definition) is 47. The summed E-state index contributed by atoms with van der Waals surface area (Å²) in [6.45, 7) is -3.02. The van der Waals surface area contributed by atoms with E-state index in [1.807, 2.05) is 0 Å². The normalized spacial score (nSPS) is 47.5. The molecule has 682 valence electrons. The molecule has 51 heteroatoms. The SMILES string of the molecule is CC(=O)NC1C(O)[C@H](O[C@@H]2OC(CO[C@]3(OC=O)CC(O)[C@@H](C)C([C@H](O)[C@H](O)CO)O3)[C@H](O)[C@H](O)C2O)C(CO)O[C@H]1OC1[C@@H](OCC2O[C@@H](O[C@@H]3C(CO)O[C@@H](O[C@@H]4C(CO)O[C@@H](C)C(NC(C)=O)[C@H]4O)C(NC(C)=O)[C@H]3O)C(O)[C@@H](OC3O[C@H](CO)[C@@H](O)C(O)C3O[C@@H]3OC(CO)[C@@H](O)[C@H](O)C3NC(C)=O)[C@@H]2O)OC(CO)[C@@H](O)[C@@H]1O. The van der Waals surface area contributed by atoms with Crippen LogP contribution in [-0.4, -0.2) is 488 Å². The zero-order valence-electron chi connectivity index (χ0n) is 64.3. The molecule has 118 heavy (non-hydrogen) atoms. The molecule has 0 bridgehead atoms. The van der Waals surface area contributed by atoms with Gasteiger partial charge in [-0.2, -0.15) is 0 Å². The molecule has 20 unspecified atom stereocenters. The van der Waals surface area contributed by atoms with Crippen molar-refractivity contribution < 1.29 is 232 Å². The number of aliphatic hydroxyl groups excluding tert-OH is 24. The number of carbonyl (C=O) groups is 5. The first-order chi connectivity index (χ1) is 55.8. The molecule has 51 nitrogen and oxygen atoms in total. The molecule has 9 aliphatic heterocycles. The summed E-state index contributed by atoms with van der Waals surface area (Å²) in [5, 5.41) is 278. The highest BCUT2D eigenvalue weighted by molar-refractivity contribution is 5.74. The third-order valence-electron chi connectivity index (χ3n) is 21.9. The summed E-state index contributed by atoms with van der Waals surface area (Å²) < 4.78 is 107. The zero-order valence-corrected chi connectivity index (χ0v) is 64.3. The van der Waals surface area contributed by atoms with Crippen LogP contribution < -0.4 is 21.3 Å². The van der Waals surface area contributed by atoms with Crippen LogP contribution in [0.3, 0.4) is 0 Å². The van der Waals surface area contributed by atoms with E-state index in [0.717, 1.165) is 27.7 Å². The highest BCUT2D eigenvalue weighted by Crippen LogP contribution is 2.42. The van der Waals surface area contributed by atoms with Crippen LogP contribution in [0.4, 0.5) is 0 Å². The molecule has 0 aromatic rings. The van der Waals surface area contributed by atoms with Crippen LogP contribution in [0.25, 0.3) is 0 Å². The van der Waals surface area contributed by atoms with E-state index in [4.69, 9.17) is 85.3 Å². The van der Waals surface area contributed by atoms with Gasteiger partial charge in [0.15, 0.2) is 44.0 Å². The lowest BCUT2D eigenvalue weighted by atomic mass is 9.87. The van der Waals surface area contributed by atoms with Gasteiger partial charge in [0.1, 0.15) is 201 Å². The van der Waals surface area contributed by atoms with Crippen molar-refractivity contribution in [2.45, 2.75) is 324 Å². The van der Waals surface area contributed by atoms with Crippen molar-refractivity contribution in [3.8, 4) is 0 Å². The second kappa shape index (κ2) is 42.6. The van der Waals surface area contributed by atoms with Crippen molar-refractivity contribution in [3.05, 3.63) is 0 Å². The minimum absolute atomic E-state index is 0.183. The first-order valence-electron chi connectivity index (χ1n) is 37.9. The monoisotopic (exact) mass is 1720 g/mol. The van der Waals surface area contributed by atoms with Crippen molar-refractivity contribution in [2.75, 3.05) is 59.5 Å². The fourth-order valence-corrected chi connectivity index (χ4v) is 15.4. The van der Waals surface area contributed by atoms with Gasteiger partial charge in [0.05, 0.1) is 90.2 Å². The van der Waals surface area contributed by atoms with Crippen LogP contribution in [0.5, 0.6) is 0 Å². The summed E-state index contributed by atoms with van der Waals surface area (Å²) >= 11 is 0. The quantitative estimate of drug-likeness (QED) is 0.0214. The summed E-state index contributed by atoms with van der Waals surface area (Å²) in [6.07, 6.45) is -81.9. The number of rotatable bonds is 33. The number of amides is 4. The second-order valence-corrected chi connectivity index (χ2v) is 30.1. The zero-order chi connectivity index (χ0) is 87.1. The lowest BCUT2D eigenvalue weighted by Gasteiger charge is -2.51. The standard InChI is InChI=1S/C67H112N4O47/c1-18-24(84)7-67(103-17-79,118-53(18)38(86)25(85)8-72)102-16-33-42(90)48(96)51(99)63(111-33)113-55-30(13-77)109-62(37(47(55)95)71-23(6)83)116-58-49(97)40(88)27(10-74)106-65(58)101-15-32-43(91)57(115-66-59(50(98)41(89)28(11-75)107-66)117-60-35(69-21(4)81)44(92)39(87)26(9-73)105-60)52(100)64(110-32)114-56-31(14-78)108-61(36(46(56)94)70-22(5)82)112-54-29(12-76)104-19(2)34(45(54)93)68-20(3)80/h17-19,24-66,72-78,84-100H,7-16H2,1-6H3,(H,68,80)(H,69,81)(H,70,82)(H,71,83)/t18-,19+,24?,25-,26?,27?,28-,29?,30?,31?,32?,33?,34?,35?,36?,37?,38-,39-,40-,41-,42+,43-,44-,45-,46-,47?,48+,49+,50?,51?,52?,53?,54-,55-,56-,57+,58?,59?,60+,61+,62+,63+,64+,65+,66?,67+/m1/s1. The Labute approximate surface area is 670 Å². The van der Waals surface area contributed by atoms with Gasteiger partial charge in [-0.05, 0) is 6.92 Å². The Kier molecular flexibility index (Phi) is 35.2. The highest BCUT2D eigenvalue weighted by Gasteiger charge is 2.61. The molecule has 9 saturated heterocycles. The molecule has 0 aromatic heterocycles. The summed E-state index contributed by atoms with van der Waals surface area (Å²) in [4.78, 5) is 62.7. The summed E-state index contributed by atoms with van der Waals surface area (Å²) in [5.41, 5.74) is 0. The summed E-state index contributed by atoms with van der Waals surface area (Å²) in [5.74, 6) is -7.04. The number of ether oxygens (including phenoxy) is 18. The van der Waals surface area contributed by atoms with E-state index in [2.05, 4.69) is 21.3 Å². The molecule has 9 rings (SSSR count). The molecule has 9 aliphatic rings. The maximum atomic E-state index is 13.1. The number of hydrogen-bond donors (Lipinski definition) is 28. The molecule has 0 aliphatic carbocycles. The molecular formula is C67H112N4O47. The number of nitrogens with one attached hydrogen (secondary N) is 4. The van der Waals surface area contributed by atoms with Crippen molar-refractivity contribution >= 4 is 30.1 Å². The van der Waals surface area contributed by atoms with Crippen LogP contribution in [0.15, 0.2) is 0 Å². The van der Waals surface area contributed by atoms with Crippen molar-refractivity contribution in [1.29, 1.82) is 0 Å². The van der Waals surface area contributed by atoms with Gasteiger partial charge < -0.3 is 229 Å². The maximum Gasteiger partial charge on any atom is 0.332 e. The van der Waals surface area contributed by atoms with Crippen LogP contribution in [0.2, 0.25) is 0 Å². The van der Waals surface area contributed by atoms with Gasteiger partial charge in [-0.1, -0.05) is 6.92 Å². The molecule has 4 amide bonds. The fraction of sp³-hybridized carbons (Fsp3) is 0.925. The van der Waals surface area contributed by atoms with Crippen molar-refractivity contribution in [3.63, 3.8) is 0 Å². The van der Waals surface area contributed by atoms with Gasteiger partial charge >= 0.3 is 5.97 Å². The Hall–Kier alpha value is -4.29. The van der Waals surface area contributed by atoms with E-state index < -0.39 is 371 Å². The van der Waals surface area contributed by atoms with Gasteiger partial charge in [-0.3, -0.25) is 24.0 Å². The second-order valence-electron chi connectivity index (χ2n) is 30.1. The smallest absolute Gasteiger partial charge is 0.332 e. The van der Waals surface area contributed by atoms with Crippen LogP contribution in [-0.2, 0) is 109 Å². The van der Waals surface area contributed by atoms with Crippen LogP contribution >= 0.6 is 0 Å². The molecule has 9 fully saturated rings.